The first-order chi connectivity index (χ1) is 13.8. The van der Waals surface area contributed by atoms with Crippen LogP contribution < -0.4 is 15.5 Å². The third-order valence-electron chi connectivity index (χ3n) is 3.51. The van der Waals surface area contributed by atoms with Gasteiger partial charge in [0.05, 0.1) is 29.0 Å². The van der Waals surface area contributed by atoms with Gasteiger partial charge in [-0.05, 0) is 18.2 Å². The van der Waals surface area contributed by atoms with Crippen molar-refractivity contribution >= 4 is 34.5 Å². The summed E-state index contributed by atoms with van der Waals surface area (Å²) >= 11 is 0. The number of aliphatic hydroxyl groups excluding tert-OH is 1. The Labute approximate surface area is 164 Å². The average Bonchev–Trinajstić information content (AvgIpc) is 2.68. The minimum absolute atomic E-state index is 0.0154. The topological polar surface area (TPSA) is 163 Å². The van der Waals surface area contributed by atoms with Crippen LogP contribution >= 0.6 is 0 Å². The fourth-order valence-corrected chi connectivity index (χ4v) is 2.17. The van der Waals surface area contributed by atoms with Crippen LogP contribution in [0.5, 0.6) is 11.5 Å². The molecule has 0 atom stereocenters. The number of hydrogen-bond donors (Lipinski definition) is 4. The minimum atomic E-state index is -0.841. The van der Waals surface area contributed by atoms with Crippen molar-refractivity contribution in [3.05, 3.63) is 52.6 Å². The van der Waals surface area contributed by atoms with Crippen molar-refractivity contribution in [2.45, 2.75) is 6.92 Å². The van der Waals surface area contributed by atoms with Crippen LogP contribution in [0.15, 0.2) is 47.6 Å². The molecule has 0 aliphatic carbocycles. The van der Waals surface area contributed by atoms with Crippen LogP contribution in [0.25, 0.3) is 0 Å². The van der Waals surface area contributed by atoms with E-state index >= 15 is 0 Å². The summed E-state index contributed by atoms with van der Waals surface area (Å²) in [6.07, 6.45) is 0. The molecule has 2 aromatic rings. The highest BCUT2D eigenvalue weighted by molar-refractivity contribution is 6.67. The number of para-hydroxylation sites is 2. The number of aliphatic hydroxyl groups is 1. The smallest absolute Gasteiger partial charge is 0.279 e. The SMILES string of the molecule is CC(=O)/C(=N/Nc1ccc([N+](=O)[O-])cc1O)C(=O)Nc1ccccc1OCCO. The van der Waals surface area contributed by atoms with Gasteiger partial charge >= 0.3 is 0 Å². The molecule has 11 nitrogen and oxygen atoms in total. The molecular formula is C18H18N4O7. The van der Waals surface area contributed by atoms with Gasteiger partial charge in [-0.3, -0.25) is 25.1 Å². The molecular weight excluding hydrogens is 384 g/mol. The van der Waals surface area contributed by atoms with Gasteiger partial charge < -0.3 is 20.3 Å². The summed E-state index contributed by atoms with van der Waals surface area (Å²) in [5.74, 6) is -1.69. The normalized spacial score (nSPS) is 10.9. The average molecular weight is 402 g/mol. The second kappa shape index (κ2) is 9.80. The molecule has 152 valence electrons. The maximum absolute atomic E-state index is 12.5. The van der Waals surface area contributed by atoms with Gasteiger partial charge in [-0.1, -0.05) is 12.1 Å². The van der Waals surface area contributed by atoms with Gasteiger partial charge in [0, 0.05) is 13.0 Å². The Kier molecular flexibility index (Phi) is 7.20. The van der Waals surface area contributed by atoms with Crippen LogP contribution in [0.3, 0.4) is 0 Å². The van der Waals surface area contributed by atoms with E-state index in [2.05, 4.69) is 15.8 Å². The molecule has 0 radical (unpaired) electrons. The maximum atomic E-state index is 12.5. The van der Waals surface area contributed by atoms with E-state index < -0.39 is 28.1 Å². The molecule has 11 heteroatoms. The van der Waals surface area contributed by atoms with Crippen molar-refractivity contribution in [3.63, 3.8) is 0 Å². The first-order valence-corrected chi connectivity index (χ1v) is 8.29. The molecule has 2 aromatic carbocycles. The monoisotopic (exact) mass is 402 g/mol. The Hall–Kier alpha value is -3.99. The van der Waals surface area contributed by atoms with Gasteiger partial charge in [0.25, 0.3) is 11.6 Å². The number of hydrogen-bond acceptors (Lipinski definition) is 9. The molecule has 1 amide bonds. The Morgan fingerprint density at radius 1 is 1.21 bits per heavy atom. The van der Waals surface area contributed by atoms with Crippen LogP contribution in [0.2, 0.25) is 0 Å². The number of anilines is 2. The van der Waals surface area contributed by atoms with Gasteiger partial charge in [0.1, 0.15) is 18.1 Å². The van der Waals surface area contributed by atoms with E-state index in [-0.39, 0.29) is 30.3 Å². The fourth-order valence-electron chi connectivity index (χ4n) is 2.17. The fraction of sp³-hybridized carbons (Fsp3) is 0.167. The molecule has 2 rings (SSSR count). The first kappa shape index (κ1) is 21.3. The standard InChI is InChI=1S/C18H18N4O7/c1-11(24)17(21-20-13-7-6-12(22(27)28)10-15(13)25)18(26)19-14-4-2-3-5-16(14)29-9-8-23/h2-7,10,20,23,25H,8-9H2,1H3,(H,19,26)/b21-17-. The zero-order valence-corrected chi connectivity index (χ0v) is 15.3. The number of phenolic OH excluding ortho intramolecular Hbond substituents is 1. The van der Waals surface area contributed by atoms with Gasteiger partial charge in [-0.2, -0.15) is 5.10 Å². The highest BCUT2D eigenvalue weighted by Gasteiger charge is 2.19. The number of nitrogens with zero attached hydrogens (tertiary/aromatic N) is 2. The molecule has 0 fully saturated rings. The number of carbonyl (C=O) groups excluding carboxylic acids is 2. The number of aromatic hydroxyl groups is 1. The zero-order chi connectivity index (χ0) is 21.4. The van der Waals surface area contributed by atoms with E-state index in [4.69, 9.17) is 9.84 Å². The quantitative estimate of drug-likeness (QED) is 0.162. The predicted octanol–water partition coefficient (Wildman–Crippen LogP) is 1.67. The largest absolute Gasteiger partial charge is 0.505 e. The van der Waals surface area contributed by atoms with E-state index in [1.807, 2.05) is 0 Å². The number of nitro groups is 1. The maximum Gasteiger partial charge on any atom is 0.279 e. The number of amides is 1. The molecule has 0 aromatic heterocycles. The predicted molar refractivity (Wildman–Crippen MR) is 104 cm³/mol. The van der Waals surface area contributed by atoms with Crippen LogP contribution in [0, 0.1) is 10.1 Å². The molecule has 0 heterocycles. The number of Topliss-reactive ketones (excluding diaryl/α,β-unsaturated/α-hetero) is 1. The van der Waals surface area contributed by atoms with Crippen molar-refractivity contribution in [3.8, 4) is 11.5 Å². The molecule has 0 aliphatic heterocycles. The molecule has 0 aliphatic rings. The summed E-state index contributed by atoms with van der Waals surface area (Å²) in [6.45, 7) is 0.927. The lowest BCUT2D eigenvalue weighted by atomic mass is 10.2. The van der Waals surface area contributed by atoms with E-state index in [0.717, 1.165) is 19.1 Å². The summed E-state index contributed by atoms with van der Waals surface area (Å²) in [7, 11) is 0. The van der Waals surface area contributed by atoms with Crippen molar-refractivity contribution in [2.75, 3.05) is 24.0 Å². The van der Waals surface area contributed by atoms with Crippen molar-refractivity contribution in [1.82, 2.24) is 0 Å². The Morgan fingerprint density at radius 2 is 1.93 bits per heavy atom. The van der Waals surface area contributed by atoms with Gasteiger partial charge in [-0.15, -0.1) is 0 Å². The molecule has 0 unspecified atom stereocenters. The van der Waals surface area contributed by atoms with E-state index in [1.54, 1.807) is 18.2 Å². The second-order valence-corrected chi connectivity index (χ2v) is 5.61. The molecule has 0 saturated carbocycles. The van der Waals surface area contributed by atoms with E-state index in [0.29, 0.717) is 5.75 Å². The van der Waals surface area contributed by atoms with E-state index in [1.165, 1.54) is 12.1 Å². The third-order valence-corrected chi connectivity index (χ3v) is 3.51. The number of benzene rings is 2. The zero-order valence-electron chi connectivity index (χ0n) is 15.3. The van der Waals surface area contributed by atoms with Gasteiger partial charge in [0.2, 0.25) is 0 Å². The number of nitrogens with one attached hydrogen (secondary N) is 2. The number of hydrazone groups is 1. The van der Waals surface area contributed by atoms with Crippen LogP contribution in [-0.2, 0) is 9.59 Å². The highest BCUT2D eigenvalue weighted by Crippen LogP contribution is 2.28. The molecule has 4 N–H and O–H groups in total. The lowest BCUT2D eigenvalue weighted by Crippen LogP contribution is -2.29. The van der Waals surface area contributed by atoms with Crippen LogP contribution in [0.1, 0.15) is 6.92 Å². The van der Waals surface area contributed by atoms with Gasteiger partial charge in [0.15, 0.2) is 11.5 Å². The summed E-state index contributed by atoms with van der Waals surface area (Å²) in [5.41, 5.74) is 1.74. The summed E-state index contributed by atoms with van der Waals surface area (Å²) in [6, 6.07) is 9.63. The summed E-state index contributed by atoms with van der Waals surface area (Å²) in [4.78, 5) is 34.3. The number of phenols is 1. The summed E-state index contributed by atoms with van der Waals surface area (Å²) in [5, 5.41) is 35.6. The first-order valence-electron chi connectivity index (χ1n) is 8.29. The van der Waals surface area contributed by atoms with Crippen LogP contribution in [-0.4, -0.2) is 45.8 Å². The number of rotatable bonds is 9. The summed E-state index contributed by atoms with van der Waals surface area (Å²) < 4.78 is 5.31. The number of nitro benzene ring substituents is 1. The molecule has 0 spiro atoms. The number of carbonyl (C=O) groups is 2. The second-order valence-electron chi connectivity index (χ2n) is 5.61. The number of ketones is 1. The molecule has 0 saturated heterocycles. The number of non-ortho nitro benzene ring substituents is 1. The number of ether oxygens (including phenoxy) is 1. The van der Waals surface area contributed by atoms with Crippen molar-refractivity contribution < 1.29 is 29.5 Å². The third kappa shape index (κ3) is 5.74. The lowest BCUT2D eigenvalue weighted by Gasteiger charge is -2.12. The Morgan fingerprint density at radius 3 is 2.55 bits per heavy atom. The van der Waals surface area contributed by atoms with Gasteiger partial charge in [-0.25, -0.2) is 0 Å². The van der Waals surface area contributed by atoms with E-state index in [9.17, 15) is 24.8 Å². The van der Waals surface area contributed by atoms with Crippen LogP contribution in [0.4, 0.5) is 17.1 Å². The minimum Gasteiger partial charge on any atom is -0.505 e. The molecule has 29 heavy (non-hydrogen) atoms. The Balaban J connectivity index is 2.20. The lowest BCUT2D eigenvalue weighted by molar-refractivity contribution is -0.384. The Bertz CT molecular complexity index is 959. The highest BCUT2D eigenvalue weighted by atomic mass is 16.6. The molecule has 0 bridgehead atoms. The van der Waals surface area contributed by atoms with Crippen molar-refractivity contribution in [2.24, 2.45) is 5.10 Å². The van der Waals surface area contributed by atoms with Crippen molar-refractivity contribution in [1.29, 1.82) is 0 Å².